The van der Waals surface area contributed by atoms with Crippen molar-refractivity contribution in [1.29, 1.82) is 0 Å². The molecule has 170 valence electrons. The second kappa shape index (κ2) is 10.3. The summed E-state index contributed by atoms with van der Waals surface area (Å²) in [6, 6.07) is 9.94. The van der Waals surface area contributed by atoms with Crippen molar-refractivity contribution in [3.05, 3.63) is 71.3 Å². The highest BCUT2D eigenvalue weighted by atomic mass is 19.1. The zero-order valence-electron chi connectivity index (χ0n) is 17.8. The van der Waals surface area contributed by atoms with Crippen LogP contribution >= 0.6 is 0 Å². The molecule has 1 aliphatic rings. The highest BCUT2D eigenvalue weighted by Crippen LogP contribution is 2.25. The van der Waals surface area contributed by atoms with Gasteiger partial charge < -0.3 is 20.3 Å². The van der Waals surface area contributed by atoms with E-state index in [0.717, 1.165) is 17.7 Å². The number of halogens is 2. The van der Waals surface area contributed by atoms with E-state index in [9.17, 15) is 23.2 Å². The van der Waals surface area contributed by atoms with Gasteiger partial charge in [0.05, 0.1) is 13.0 Å². The van der Waals surface area contributed by atoms with Gasteiger partial charge in [-0.25, -0.2) is 8.78 Å². The Morgan fingerprint density at radius 1 is 1.16 bits per heavy atom. The Morgan fingerprint density at radius 2 is 1.81 bits per heavy atom. The minimum atomic E-state index is -0.987. The maximum absolute atomic E-state index is 13.3. The number of likely N-dealkylation sites (N-methyl/N-ethyl adjacent to an activating group) is 1. The van der Waals surface area contributed by atoms with Crippen molar-refractivity contribution >= 4 is 17.7 Å². The van der Waals surface area contributed by atoms with Gasteiger partial charge in [-0.05, 0) is 30.2 Å². The highest BCUT2D eigenvalue weighted by Gasteiger charge is 2.37. The number of ether oxygens (including phenoxy) is 1. The molecule has 0 bridgehead atoms. The molecule has 0 radical (unpaired) electrons. The first-order chi connectivity index (χ1) is 15.2. The van der Waals surface area contributed by atoms with Crippen LogP contribution in [-0.4, -0.2) is 54.9 Å². The Labute approximate surface area is 184 Å². The largest absolute Gasteiger partial charge is 0.369 e. The summed E-state index contributed by atoms with van der Waals surface area (Å²) in [6.45, 7) is 2.15. The van der Waals surface area contributed by atoms with Crippen LogP contribution in [0, 0.1) is 11.6 Å². The average molecular weight is 445 g/mol. The van der Waals surface area contributed by atoms with Crippen molar-refractivity contribution in [2.24, 2.45) is 0 Å². The minimum absolute atomic E-state index is 0.144. The molecular formula is C23H25F2N3O4. The number of amides is 3. The van der Waals surface area contributed by atoms with Crippen molar-refractivity contribution in [2.45, 2.75) is 31.5 Å². The van der Waals surface area contributed by atoms with E-state index in [4.69, 9.17) is 4.74 Å². The van der Waals surface area contributed by atoms with Crippen molar-refractivity contribution < 1.29 is 27.9 Å². The molecule has 3 rings (SSSR count). The molecule has 32 heavy (non-hydrogen) atoms. The monoisotopic (exact) mass is 445 g/mol. The molecule has 7 nitrogen and oxygen atoms in total. The first-order valence-electron chi connectivity index (χ1n) is 10.2. The Bertz CT molecular complexity index is 966. The zero-order chi connectivity index (χ0) is 23.3. The Kier molecular flexibility index (Phi) is 7.53. The average Bonchev–Trinajstić information content (AvgIpc) is 2.87. The normalized spacial score (nSPS) is 19.8. The second-order valence-electron chi connectivity index (χ2n) is 7.69. The summed E-state index contributed by atoms with van der Waals surface area (Å²) in [5.74, 6) is -3.05. The molecule has 9 heteroatoms. The van der Waals surface area contributed by atoms with E-state index in [1.54, 1.807) is 7.05 Å². The Morgan fingerprint density at radius 3 is 2.47 bits per heavy atom. The highest BCUT2D eigenvalue weighted by molar-refractivity contribution is 5.92. The molecule has 3 atom stereocenters. The van der Waals surface area contributed by atoms with Crippen molar-refractivity contribution in [3.63, 3.8) is 0 Å². The lowest BCUT2D eigenvalue weighted by Gasteiger charge is -2.27. The molecule has 0 unspecified atom stereocenters. The molecule has 0 spiro atoms. The Balaban J connectivity index is 1.68. The summed E-state index contributed by atoms with van der Waals surface area (Å²) in [5.41, 5.74) is 0.886. The second-order valence-corrected chi connectivity index (χ2v) is 7.69. The smallest absolute Gasteiger partial charge is 0.248 e. The van der Waals surface area contributed by atoms with Crippen LogP contribution in [0.4, 0.5) is 8.78 Å². The third-order valence-electron chi connectivity index (χ3n) is 5.15. The van der Waals surface area contributed by atoms with E-state index in [-0.39, 0.29) is 17.9 Å². The van der Waals surface area contributed by atoms with Gasteiger partial charge in [0, 0.05) is 19.7 Å². The van der Waals surface area contributed by atoms with Crippen LogP contribution in [0.5, 0.6) is 0 Å². The van der Waals surface area contributed by atoms with E-state index < -0.39 is 41.6 Å². The Hall–Kier alpha value is -3.33. The molecular weight excluding hydrogens is 420 g/mol. The molecule has 1 fully saturated rings. The van der Waals surface area contributed by atoms with E-state index in [0.29, 0.717) is 19.2 Å². The number of carbonyl (C=O) groups excluding carboxylic acids is 3. The summed E-state index contributed by atoms with van der Waals surface area (Å²) in [4.78, 5) is 39.4. The van der Waals surface area contributed by atoms with Crippen LogP contribution < -0.4 is 10.6 Å². The van der Waals surface area contributed by atoms with E-state index in [1.807, 2.05) is 30.3 Å². The van der Waals surface area contributed by atoms with Gasteiger partial charge in [0.1, 0.15) is 29.8 Å². The van der Waals surface area contributed by atoms with Crippen LogP contribution in [-0.2, 0) is 25.5 Å². The number of nitrogens with one attached hydrogen (secondary N) is 2. The lowest BCUT2D eigenvalue weighted by Crippen LogP contribution is -2.54. The molecule has 1 saturated heterocycles. The van der Waals surface area contributed by atoms with Gasteiger partial charge in [0.2, 0.25) is 17.7 Å². The predicted octanol–water partition coefficient (Wildman–Crippen LogP) is 1.73. The van der Waals surface area contributed by atoms with Gasteiger partial charge in [0.15, 0.2) is 0 Å². The lowest BCUT2D eigenvalue weighted by molar-refractivity contribution is -0.137. The lowest BCUT2D eigenvalue weighted by atomic mass is 10.0. The van der Waals surface area contributed by atoms with E-state index in [2.05, 4.69) is 10.6 Å². The third kappa shape index (κ3) is 5.88. The van der Waals surface area contributed by atoms with Gasteiger partial charge in [-0.15, -0.1) is 0 Å². The molecule has 1 aliphatic heterocycles. The fourth-order valence-electron chi connectivity index (χ4n) is 3.49. The minimum Gasteiger partial charge on any atom is -0.369 e. The molecule has 2 aromatic carbocycles. The first kappa shape index (κ1) is 23.3. The van der Waals surface area contributed by atoms with Gasteiger partial charge >= 0.3 is 0 Å². The summed E-state index contributed by atoms with van der Waals surface area (Å²) in [6.07, 6.45) is -0.983. The van der Waals surface area contributed by atoms with Gasteiger partial charge in [-0.3, -0.25) is 14.4 Å². The van der Waals surface area contributed by atoms with Crippen LogP contribution in [0.1, 0.15) is 24.2 Å². The fraction of sp³-hybridized carbons (Fsp3) is 0.348. The number of hydrogen-bond acceptors (Lipinski definition) is 4. The molecule has 3 amide bonds. The topological polar surface area (TPSA) is 87.7 Å². The quantitative estimate of drug-likeness (QED) is 0.709. The summed E-state index contributed by atoms with van der Waals surface area (Å²) < 4.78 is 32.5. The van der Waals surface area contributed by atoms with E-state index in [1.165, 1.54) is 11.8 Å². The number of benzene rings is 2. The maximum Gasteiger partial charge on any atom is 0.248 e. The number of hydrogen-bond donors (Lipinski definition) is 2. The number of carbonyl (C=O) groups is 3. The first-order valence-corrected chi connectivity index (χ1v) is 10.2. The zero-order valence-corrected chi connectivity index (χ0v) is 17.8. The predicted molar refractivity (Wildman–Crippen MR) is 112 cm³/mol. The molecule has 0 aromatic heterocycles. The van der Waals surface area contributed by atoms with Crippen LogP contribution in [0.3, 0.4) is 0 Å². The van der Waals surface area contributed by atoms with E-state index >= 15 is 0 Å². The maximum atomic E-state index is 13.3. The summed E-state index contributed by atoms with van der Waals surface area (Å²) in [7, 11) is 1.63. The molecule has 2 aromatic rings. The third-order valence-corrected chi connectivity index (χ3v) is 5.15. The molecule has 0 saturated carbocycles. The van der Waals surface area contributed by atoms with Gasteiger partial charge in [0.25, 0.3) is 0 Å². The van der Waals surface area contributed by atoms with Gasteiger partial charge in [-0.2, -0.15) is 0 Å². The van der Waals surface area contributed by atoms with Crippen LogP contribution in [0.25, 0.3) is 0 Å². The summed E-state index contributed by atoms with van der Waals surface area (Å²) in [5, 5.41) is 5.18. The number of nitrogens with zero attached hydrogens (tertiary/aromatic N) is 1. The van der Waals surface area contributed by atoms with Crippen molar-refractivity contribution in [2.75, 3.05) is 20.2 Å². The molecule has 0 aliphatic carbocycles. The van der Waals surface area contributed by atoms with Crippen LogP contribution in [0.2, 0.25) is 0 Å². The SMILES string of the molecule is C[C@H](NC(=O)Cc1cc(F)cc(F)c1)C(=O)N[C@@H]1C(=O)N(C)CCO[C@@H]1c1ccccc1. The standard InChI is InChI=1S/C23H25F2N3O4/c1-14(26-19(29)12-15-10-17(24)13-18(25)11-15)22(30)27-20-21(16-6-4-3-5-7-16)32-9-8-28(2)23(20)31/h3-7,10-11,13-14,20-21H,8-9,12H2,1-2H3,(H,26,29)(H,27,30)/t14-,20-,21+/m0/s1. The van der Waals surface area contributed by atoms with Crippen LogP contribution in [0.15, 0.2) is 48.5 Å². The van der Waals surface area contributed by atoms with Crippen molar-refractivity contribution in [3.8, 4) is 0 Å². The van der Waals surface area contributed by atoms with Crippen molar-refractivity contribution in [1.82, 2.24) is 15.5 Å². The van der Waals surface area contributed by atoms with Gasteiger partial charge in [-0.1, -0.05) is 30.3 Å². The fourth-order valence-corrected chi connectivity index (χ4v) is 3.49. The molecule has 1 heterocycles. The molecule has 2 N–H and O–H groups in total. The number of rotatable bonds is 6. The summed E-state index contributed by atoms with van der Waals surface area (Å²) >= 11 is 0.